The summed E-state index contributed by atoms with van der Waals surface area (Å²) in [6.45, 7) is 2.00. The fraction of sp³-hybridized carbons (Fsp3) is 0.222. The lowest BCUT2D eigenvalue weighted by Gasteiger charge is -2.17. The quantitative estimate of drug-likeness (QED) is 0.533. The lowest BCUT2D eigenvalue weighted by atomic mass is 10.1. The molecular weight excluding hydrogens is 368 g/mol. The average molecular weight is 388 g/mol. The van der Waals surface area contributed by atoms with E-state index in [4.69, 9.17) is 14.0 Å². The van der Waals surface area contributed by atoms with Crippen LogP contribution in [0, 0.1) is 0 Å². The zero-order valence-corrected chi connectivity index (χ0v) is 15.9. The van der Waals surface area contributed by atoms with Crippen LogP contribution in [-0.2, 0) is 11.3 Å². The smallest absolute Gasteiger partial charge is 0.259 e. The molecule has 3 N–H and O–H groups in total. The number of ether oxygens (including phenoxy) is 2. The van der Waals surface area contributed by atoms with Crippen LogP contribution in [0.3, 0.4) is 0 Å². The van der Waals surface area contributed by atoms with Crippen molar-refractivity contribution >= 4 is 33.7 Å². The highest BCUT2D eigenvalue weighted by atomic mass is 32.2. The fourth-order valence-corrected chi connectivity index (χ4v) is 3.06. The zero-order valence-electron chi connectivity index (χ0n) is 15.1. The van der Waals surface area contributed by atoms with E-state index < -0.39 is 11.3 Å². The van der Waals surface area contributed by atoms with Crippen molar-refractivity contribution in [2.45, 2.75) is 13.0 Å². The van der Waals surface area contributed by atoms with Crippen molar-refractivity contribution in [3.05, 3.63) is 48.3 Å². The maximum atomic E-state index is 10.8. The number of benzene rings is 2. The monoisotopic (exact) mass is 388 g/mol. The summed E-state index contributed by atoms with van der Waals surface area (Å²) < 4.78 is 32.8. The van der Waals surface area contributed by atoms with Crippen LogP contribution >= 0.6 is 0 Å². The average Bonchev–Trinajstić information content (AvgIpc) is 2.67. The fourth-order valence-electron chi connectivity index (χ4n) is 2.73. The van der Waals surface area contributed by atoms with Crippen molar-refractivity contribution in [1.29, 1.82) is 0 Å². The lowest BCUT2D eigenvalue weighted by Crippen LogP contribution is -2.09. The van der Waals surface area contributed by atoms with E-state index in [1.807, 2.05) is 25.1 Å². The molecule has 27 heavy (non-hydrogen) atoms. The maximum absolute atomic E-state index is 10.8. The molecule has 8 nitrogen and oxygen atoms in total. The van der Waals surface area contributed by atoms with Gasteiger partial charge in [-0.3, -0.25) is 9.27 Å². The molecule has 0 saturated carbocycles. The highest BCUT2D eigenvalue weighted by Crippen LogP contribution is 2.34. The minimum atomic E-state index is -2.09. The Morgan fingerprint density at radius 2 is 1.74 bits per heavy atom. The summed E-state index contributed by atoms with van der Waals surface area (Å²) >= 11 is -2.09. The van der Waals surface area contributed by atoms with Gasteiger partial charge in [-0.2, -0.15) is 0 Å². The second kappa shape index (κ2) is 8.19. The van der Waals surface area contributed by atoms with Crippen LogP contribution in [-0.4, -0.2) is 32.9 Å². The minimum absolute atomic E-state index is 0.0510. The molecule has 1 heterocycles. The van der Waals surface area contributed by atoms with Gasteiger partial charge in [0.2, 0.25) is 0 Å². The Kier molecular flexibility index (Phi) is 5.72. The summed E-state index contributed by atoms with van der Waals surface area (Å²) in [5.74, 6) is 1.88. The Bertz CT molecular complexity index is 965. The maximum Gasteiger partial charge on any atom is 0.259 e. The van der Waals surface area contributed by atoms with Gasteiger partial charge in [-0.15, -0.1) is 0 Å². The molecule has 2 unspecified atom stereocenters. The van der Waals surface area contributed by atoms with E-state index >= 15 is 0 Å². The standard InChI is InChI=1S/C18H20N4O4S/c1-11(12-4-6-13(7-5-12)22-27(23)24)21-18-14-8-16(25-2)17(26-3)9-15(14)19-10-20-18/h4-11,22H,1-3H3,(H,23,24)(H,19,20,21). The van der Waals surface area contributed by atoms with Gasteiger partial charge in [-0.05, 0) is 30.7 Å². The van der Waals surface area contributed by atoms with Gasteiger partial charge in [-0.25, -0.2) is 14.2 Å². The van der Waals surface area contributed by atoms with E-state index in [-0.39, 0.29) is 6.04 Å². The van der Waals surface area contributed by atoms with E-state index in [0.29, 0.717) is 23.0 Å². The molecule has 2 aromatic carbocycles. The number of fused-ring (bicyclic) bond motifs is 1. The lowest BCUT2D eigenvalue weighted by molar-refractivity contribution is 0.356. The first-order valence-electron chi connectivity index (χ1n) is 8.12. The first-order chi connectivity index (χ1) is 13.0. The normalized spacial score (nSPS) is 13.0. The van der Waals surface area contributed by atoms with Crippen molar-refractivity contribution in [3.8, 4) is 11.5 Å². The van der Waals surface area contributed by atoms with Crippen LogP contribution in [0.15, 0.2) is 42.7 Å². The van der Waals surface area contributed by atoms with Crippen molar-refractivity contribution in [3.63, 3.8) is 0 Å². The third-order valence-corrected chi connectivity index (χ3v) is 4.52. The van der Waals surface area contributed by atoms with Gasteiger partial charge < -0.3 is 14.8 Å². The van der Waals surface area contributed by atoms with E-state index in [9.17, 15) is 4.21 Å². The molecule has 0 aliphatic heterocycles. The molecule has 1 aromatic heterocycles. The molecule has 0 saturated heterocycles. The Morgan fingerprint density at radius 3 is 2.37 bits per heavy atom. The first-order valence-corrected chi connectivity index (χ1v) is 9.23. The number of rotatable bonds is 7. The molecule has 142 valence electrons. The van der Waals surface area contributed by atoms with Gasteiger partial charge in [0, 0.05) is 23.2 Å². The summed E-state index contributed by atoms with van der Waals surface area (Å²) in [5.41, 5.74) is 2.30. The number of hydrogen-bond donors (Lipinski definition) is 3. The van der Waals surface area contributed by atoms with Crippen molar-refractivity contribution in [2.24, 2.45) is 0 Å². The molecule has 3 aromatic rings. The van der Waals surface area contributed by atoms with Crippen molar-refractivity contribution in [2.75, 3.05) is 24.3 Å². The van der Waals surface area contributed by atoms with Gasteiger partial charge in [0.25, 0.3) is 11.3 Å². The molecular formula is C18H20N4O4S. The Morgan fingerprint density at radius 1 is 1.07 bits per heavy atom. The zero-order chi connectivity index (χ0) is 19.4. The topological polar surface area (TPSA) is 106 Å². The summed E-state index contributed by atoms with van der Waals surface area (Å²) in [5, 5.41) is 4.19. The number of nitrogens with zero attached hydrogens (tertiary/aromatic N) is 2. The molecule has 9 heteroatoms. The SMILES string of the molecule is COc1cc2ncnc(NC(C)c3ccc(NS(=O)O)cc3)c2cc1OC. The Hall–Kier alpha value is -2.91. The highest BCUT2D eigenvalue weighted by Gasteiger charge is 2.13. The molecule has 0 radical (unpaired) electrons. The predicted octanol–water partition coefficient (Wildman–Crippen LogP) is 3.37. The van der Waals surface area contributed by atoms with Crippen molar-refractivity contribution in [1.82, 2.24) is 9.97 Å². The van der Waals surface area contributed by atoms with Crippen LogP contribution in [0.4, 0.5) is 11.5 Å². The molecule has 0 aliphatic carbocycles. The van der Waals surface area contributed by atoms with Crippen LogP contribution in [0.5, 0.6) is 11.5 Å². The number of aromatic nitrogens is 2. The van der Waals surface area contributed by atoms with E-state index in [0.717, 1.165) is 16.5 Å². The van der Waals surface area contributed by atoms with Crippen molar-refractivity contribution < 1.29 is 18.2 Å². The van der Waals surface area contributed by atoms with Crippen LogP contribution in [0.25, 0.3) is 10.9 Å². The second-order valence-electron chi connectivity index (χ2n) is 5.79. The molecule has 0 fully saturated rings. The van der Waals surface area contributed by atoms with Crippen LogP contribution in [0.1, 0.15) is 18.5 Å². The highest BCUT2D eigenvalue weighted by molar-refractivity contribution is 7.80. The second-order valence-corrected chi connectivity index (χ2v) is 6.49. The van der Waals surface area contributed by atoms with Gasteiger partial charge in [0.15, 0.2) is 11.5 Å². The molecule has 0 amide bonds. The van der Waals surface area contributed by atoms with Crippen LogP contribution < -0.4 is 19.5 Å². The summed E-state index contributed by atoms with van der Waals surface area (Å²) in [6.07, 6.45) is 1.49. The molecule has 3 rings (SSSR count). The summed E-state index contributed by atoms with van der Waals surface area (Å²) in [4.78, 5) is 8.65. The van der Waals surface area contributed by atoms with Gasteiger partial charge in [-0.1, -0.05) is 12.1 Å². The molecule has 0 spiro atoms. The molecule has 2 atom stereocenters. The summed E-state index contributed by atoms with van der Waals surface area (Å²) in [6, 6.07) is 10.8. The number of methoxy groups -OCH3 is 2. The van der Waals surface area contributed by atoms with Gasteiger partial charge in [0.05, 0.1) is 19.7 Å². The number of anilines is 2. The van der Waals surface area contributed by atoms with E-state index in [1.54, 1.807) is 32.4 Å². The largest absolute Gasteiger partial charge is 0.493 e. The summed E-state index contributed by atoms with van der Waals surface area (Å²) in [7, 11) is 3.16. The van der Waals surface area contributed by atoms with E-state index in [1.165, 1.54) is 6.33 Å². The third kappa shape index (κ3) is 4.26. The third-order valence-electron chi connectivity index (χ3n) is 4.11. The number of nitrogens with one attached hydrogen (secondary N) is 2. The number of hydrogen-bond acceptors (Lipinski definition) is 6. The Labute approximate surface area is 159 Å². The van der Waals surface area contributed by atoms with Gasteiger partial charge in [0.1, 0.15) is 12.1 Å². The van der Waals surface area contributed by atoms with Gasteiger partial charge >= 0.3 is 0 Å². The van der Waals surface area contributed by atoms with E-state index in [2.05, 4.69) is 20.0 Å². The molecule has 0 aliphatic rings. The molecule has 0 bridgehead atoms. The minimum Gasteiger partial charge on any atom is -0.493 e. The first kappa shape index (κ1) is 18.9. The predicted molar refractivity (Wildman–Crippen MR) is 106 cm³/mol. The van der Waals surface area contributed by atoms with Crippen LogP contribution in [0.2, 0.25) is 0 Å². The Balaban J connectivity index is 1.88.